The molecule has 0 saturated heterocycles. The van der Waals surface area contributed by atoms with Gasteiger partial charge in [0.1, 0.15) is 11.4 Å². The molecule has 1 aromatic heterocycles. The number of carbonyl (C=O) groups excluding carboxylic acids is 1. The van der Waals surface area contributed by atoms with Gasteiger partial charge in [-0.3, -0.25) is 14.9 Å². The molecule has 0 aliphatic heterocycles. The number of carbonyl (C=O) groups is 2. The number of halogens is 4. The Bertz CT molecular complexity index is 1100. The van der Waals surface area contributed by atoms with Gasteiger partial charge in [-0.2, -0.15) is 13.2 Å². The van der Waals surface area contributed by atoms with Crippen LogP contribution >= 0.6 is 0 Å². The lowest BCUT2D eigenvalue weighted by molar-refractivity contribution is -0.388. The van der Waals surface area contributed by atoms with Gasteiger partial charge in [0.05, 0.1) is 16.7 Å². The molecule has 162 valence electrons. The first-order valence-electron chi connectivity index (χ1n) is 8.19. The zero-order valence-electron chi connectivity index (χ0n) is 15.2. The number of anilines is 1. The first-order valence-corrected chi connectivity index (χ1v) is 8.19. The smallest absolute Gasteiger partial charge is 0.423 e. The van der Waals surface area contributed by atoms with E-state index in [-0.39, 0.29) is 17.0 Å². The van der Waals surface area contributed by atoms with Crippen LogP contribution in [-0.2, 0) is 6.18 Å². The molecule has 0 unspecified atom stereocenters. The summed E-state index contributed by atoms with van der Waals surface area (Å²) in [6, 6.07) is 9.82. The molecule has 0 atom stereocenters. The van der Waals surface area contributed by atoms with Crippen molar-refractivity contribution in [3.05, 3.63) is 93.7 Å². The number of nitro groups is 1. The van der Waals surface area contributed by atoms with Gasteiger partial charge in [-0.05, 0) is 36.4 Å². The number of hydrogen-bond acceptors (Lipinski definition) is 5. The summed E-state index contributed by atoms with van der Waals surface area (Å²) >= 11 is 0. The molecule has 0 spiro atoms. The van der Waals surface area contributed by atoms with Crippen LogP contribution in [-0.4, -0.2) is 21.9 Å². The van der Waals surface area contributed by atoms with Gasteiger partial charge < -0.3 is 14.8 Å². The van der Waals surface area contributed by atoms with Crippen molar-refractivity contribution < 1.29 is 41.6 Å². The Morgan fingerprint density at radius 1 is 1.06 bits per heavy atom. The van der Waals surface area contributed by atoms with Gasteiger partial charge in [-0.25, -0.2) is 9.18 Å². The summed E-state index contributed by atoms with van der Waals surface area (Å²) in [5.41, 5.74) is -3.34. The zero-order valence-corrected chi connectivity index (χ0v) is 15.2. The van der Waals surface area contributed by atoms with E-state index in [4.69, 9.17) is 5.11 Å². The molecule has 8 nitrogen and oxygen atoms in total. The molecule has 3 rings (SSSR count). The van der Waals surface area contributed by atoms with Gasteiger partial charge >= 0.3 is 12.1 Å². The number of nitrogens with zero attached hydrogens (tertiary/aromatic N) is 1. The van der Waals surface area contributed by atoms with Crippen LogP contribution in [0, 0.1) is 15.9 Å². The molecule has 0 bridgehead atoms. The highest BCUT2D eigenvalue weighted by molar-refractivity contribution is 6.04. The molecular formula is C19H12F4N2O6. The SMILES string of the molecule is O=C(Nc1ccc([N+](=O)[O-])c(C(F)(F)F)c1)c1ccccc1F.O=C(O)c1ccco1. The number of carboxylic acids is 1. The van der Waals surface area contributed by atoms with Crippen LogP contribution < -0.4 is 5.32 Å². The summed E-state index contributed by atoms with van der Waals surface area (Å²) in [5, 5.41) is 20.9. The van der Waals surface area contributed by atoms with Gasteiger partial charge in [0.25, 0.3) is 11.6 Å². The molecule has 0 fully saturated rings. The second-order valence-corrected chi connectivity index (χ2v) is 5.70. The number of nitrogens with one attached hydrogen (secondary N) is 1. The van der Waals surface area contributed by atoms with E-state index in [9.17, 15) is 37.3 Å². The highest BCUT2D eigenvalue weighted by Gasteiger charge is 2.38. The molecular weight excluding hydrogens is 428 g/mol. The van der Waals surface area contributed by atoms with Crippen LogP contribution in [0.1, 0.15) is 26.5 Å². The molecule has 1 amide bonds. The fraction of sp³-hybridized carbons (Fsp3) is 0.0526. The summed E-state index contributed by atoms with van der Waals surface area (Å²) in [5.74, 6) is -2.87. The summed E-state index contributed by atoms with van der Waals surface area (Å²) < 4.78 is 56.5. The predicted octanol–water partition coefficient (Wildman–Crippen LogP) is 4.98. The molecule has 31 heavy (non-hydrogen) atoms. The van der Waals surface area contributed by atoms with Gasteiger partial charge in [0.2, 0.25) is 5.76 Å². The number of alkyl halides is 3. The monoisotopic (exact) mass is 440 g/mol. The van der Waals surface area contributed by atoms with Crippen molar-refractivity contribution in [1.82, 2.24) is 0 Å². The molecule has 1 heterocycles. The Labute approximate surface area is 170 Å². The largest absolute Gasteiger partial charge is 0.475 e. The maximum absolute atomic E-state index is 13.5. The summed E-state index contributed by atoms with van der Waals surface area (Å²) in [4.78, 5) is 31.3. The topological polar surface area (TPSA) is 123 Å². The number of furan rings is 1. The van der Waals surface area contributed by atoms with Crippen molar-refractivity contribution in [2.45, 2.75) is 6.18 Å². The fourth-order valence-corrected chi connectivity index (χ4v) is 2.24. The second kappa shape index (κ2) is 9.52. The van der Waals surface area contributed by atoms with E-state index in [1.165, 1.54) is 30.5 Å². The zero-order chi connectivity index (χ0) is 23.2. The first-order chi connectivity index (χ1) is 14.5. The van der Waals surface area contributed by atoms with Crippen LogP contribution in [0.15, 0.2) is 65.3 Å². The molecule has 0 saturated carbocycles. The van der Waals surface area contributed by atoms with Crippen molar-refractivity contribution >= 4 is 23.3 Å². The van der Waals surface area contributed by atoms with Crippen molar-refractivity contribution in [2.24, 2.45) is 0 Å². The van der Waals surface area contributed by atoms with Gasteiger partial charge in [-0.15, -0.1) is 0 Å². The van der Waals surface area contributed by atoms with Crippen molar-refractivity contribution in [1.29, 1.82) is 0 Å². The molecule has 0 radical (unpaired) electrons. The Morgan fingerprint density at radius 2 is 1.74 bits per heavy atom. The highest BCUT2D eigenvalue weighted by Crippen LogP contribution is 2.37. The third-order valence-corrected chi connectivity index (χ3v) is 3.61. The second-order valence-electron chi connectivity index (χ2n) is 5.70. The average Bonchev–Trinajstić information content (AvgIpc) is 3.23. The summed E-state index contributed by atoms with van der Waals surface area (Å²) in [7, 11) is 0. The van der Waals surface area contributed by atoms with Crippen LogP contribution in [0.5, 0.6) is 0 Å². The molecule has 2 aromatic carbocycles. The van der Waals surface area contributed by atoms with Crippen molar-refractivity contribution in [2.75, 3.05) is 5.32 Å². The Balaban J connectivity index is 0.000000357. The van der Waals surface area contributed by atoms with E-state index < -0.39 is 40.0 Å². The number of benzene rings is 2. The number of rotatable bonds is 4. The first kappa shape index (κ1) is 23.1. The Hall–Kier alpha value is -4.22. The number of aromatic carboxylic acids is 1. The van der Waals surface area contributed by atoms with E-state index in [0.717, 1.165) is 18.2 Å². The standard InChI is InChI=1S/C14H8F4N2O3.C5H4O3/c15-11-4-2-1-3-9(11)13(21)19-8-5-6-12(20(22)23)10(7-8)14(16,17)18;6-5(7)4-2-1-3-8-4/h1-7H,(H,19,21);1-3H,(H,6,7). The summed E-state index contributed by atoms with van der Waals surface area (Å²) in [6.45, 7) is 0. The number of nitro benzene ring substituents is 1. The fourth-order valence-electron chi connectivity index (χ4n) is 2.24. The predicted molar refractivity (Wildman–Crippen MR) is 98.1 cm³/mol. The van der Waals surface area contributed by atoms with Crippen LogP contribution in [0.3, 0.4) is 0 Å². The van der Waals surface area contributed by atoms with Crippen LogP contribution in [0.2, 0.25) is 0 Å². The van der Waals surface area contributed by atoms with E-state index in [0.29, 0.717) is 12.1 Å². The number of hydrogen-bond donors (Lipinski definition) is 2. The van der Waals surface area contributed by atoms with E-state index in [2.05, 4.69) is 9.73 Å². The normalized spacial score (nSPS) is 10.6. The van der Waals surface area contributed by atoms with Gasteiger partial charge in [-0.1, -0.05) is 12.1 Å². The number of amides is 1. The minimum Gasteiger partial charge on any atom is -0.475 e. The van der Waals surface area contributed by atoms with Crippen molar-refractivity contribution in [3.63, 3.8) is 0 Å². The third-order valence-electron chi connectivity index (χ3n) is 3.61. The van der Waals surface area contributed by atoms with E-state index in [1.54, 1.807) is 0 Å². The average molecular weight is 440 g/mol. The van der Waals surface area contributed by atoms with E-state index >= 15 is 0 Å². The minimum atomic E-state index is -4.97. The van der Waals surface area contributed by atoms with Crippen LogP contribution in [0.4, 0.5) is 28.9 Å². The lowest BCUT2D eigenvalue weighted by Crippen LogP contribution is -2.15. The molecule has 0 aliphatic carbocycles. The Kier molecular flexibility index (Phi) is 7.08. The van der Waals surface area contributed by atoms with Gasteiger partial charge in [0, 0.05) is 11.8 Å². The number of carboxylic acid groups (broad SMARTS) is 1. The molecule has 2 N–H and O–H groups in total. The lowest BCUT2D eigenvalue weighted by Gasteiger charge is -2.11. The van der Waals surface area contributed by atoms with Gasteiger partial charge in [0.15, 0.2) is 0 Å². The van der Waals surface area contributed by atoms with Crippen molar-refractivity contribution in [3.8, 4) is 0 Å². The molecule has 3 aromatic rings. The highest BCUT2D eigenvalue weighted by atomic mass is 19.4. The lowest BCUT2D eigenvalue weighted by atomic mass is 10.1. The maximum atomic E-state index is 13.5. The maximum Gasteiger partial charge on any atom is 0.423 e. The quantitative estimate of drug-likeness (QED) is 0.335. The summed E-state index contributed by atoms with van der Waals surface area (Å²) in [6.07, 6.45) is -3.65. The third kappa shape index (κ3) is 6.13. The van der Waals surface area contributed by atoms with Crippen LogP contribution in [0.25, 0.3) is 0 Å². The molecule has 12 heteroatoms. The minimum absolute atomic E-state index is 0.0231. The molecule has 0 aliphatic rings. The Morgan fingerprint density at radius 3 is 2.23 bits per heavy atom. The van der Waals surface area contributed by atoms with E-state index in [1.807, 2.05) is 0 Å².